The highest BCUT2D eigenvalue weighted by molar-refractivity contribution is 9.10. The number of ether oxygens (including phenoxy) is 2. The Morgan fingerprint density at radius 3 is 2.59 bits per heavy atom. The van der Waals surface area contributed by atoms with Gasteiger partial charge in [-0.05, 0) is 75.9 Å². The Kier molecular flexibility index (Phi) is 8.56. The summed E-state index contributed by atoms with van der Waals surface area (Å²) >= 11 is 3.59. The van der Waals surface area contributed by atoms with Crippen molar-refractivity contribution in [3.63, 3.8) is 0 Å². The summed E-state index contributed by atoms with van der Waals surface area (Å²) in [6, 6.07) is 18.6. The van der Waals surface area contributed by atoms with E-state index in [0.29, 0.717) is 18.1 Å². The first kappa shape index (κ1) is 24.1. The quantitative estimate of drug-likeness (QED) is 0.251. The minimum absolute atomic E-state index is 0. The fraction of sp³-hybridized carbons (Fsp3) is 0.200. The number of aromatic amines is 1. The molecule has 0 bridgehead atoms. The molecule has 7 heteroatoms. The van der Waals surface area contributed by atoms with Crippen LogP contribution in [-0.2, 0) is 19.6 Å². The van der Waals surface area contributed by atoms with Crippen LogP contribution in [-0.4, -0.2) is 18.6 Å². The Bertz CT molecular complexity index is 1160. The van der Waals surface area contributed by atoms with Gasteiger partial charge in [-0.25, -0.2) is 4.39 Å². The van der Waals surface area contributed by atoms with Crippen molar-refractivity contribution in [1.29, 1.82) is 0 Å². The van der Waals surface area contributed by atoms with Gasteiger partial charge in [0.15, 0.2) is 11.5 Å². The molecule has 4 nitrogen and oxygen atoms in total. The molecule has 0 amide bonds. The fourth-order valence-electron chi connectivity index (χ4n) is 3.55. The third-order valence-corrected chi connectivity index (χ3v) is 5.75. The molecule has 0 aliphatic carbocycles. The summed E-state index contributed by atoms with van der Waals surface area (Å²) in [5.41, 5.74) is 4.46. The molecule has 4 aromatic rings. The van der Waals surface area contributed by atoms with E-state index in [1.165, 1.54) is 28.6 Å². The highest BCUT2D eigenvalue weighted by Crippen LogP contribution is 2.37. The molecule has 1 heterocycles. The Hall–Kier alpha value is -2.54. The summed E-state index contributed by atoms with van der Waals surface area (Å²) < 4.78 is 25.4. The lowest BCUT2D eigenvalue weighted by molar-refractivity contribution is 0.282. The van der Waals surface area contributed by atoms with E-state index < -0.39 is 0 Å². The van der Waals surface area contributed by atoms with Crippen LogP contribution in [0.25, 0.3) is 10.9 Å². The van der Waals surface area contributed by atoms with E-state index in [4.69, 9.17) is 9.47 Å². The van der Waals surface area contributed by atoms with Crippen LogP contribution < -0.4 is 14.8 Å². The Balaban J connectivity index is 0.00000289. The van der Waals surface area contributed by atoms with Crippen molar-refractivity contribution in [2.75, 3.05) is 13.7 Å². The fourth-order valence-corrected chi connectivity index (χ4v) is 4.15. The van der Waals surface area contributed by atoms with Gasteiger partial charge in [0.25, 0.3) is 0 Å². The monoisotopic (exact) mass is 518 g/mol. The average molecular weight is 520 g/mol. The summed E-state index contributed by atoms with van der Waals surface area (Å²) in [4.78, 5) is 3.32. The number of methoxy groups -OCH3 is 1. The van der Waals surface area contributed by atoms with Gasteiger partial charge in [0.2, 0.25) is 0 Å². The number of hydrogen-bond donors (Lipinski definition) is 2. The van der Waals surface area contributed by atoms with Crippen molar-refractivity contribution < 1.29 is 13.9 Å². The average Bonchev–Trinajstić information content (AvgIpc) is 3.20. The van der Waals surface area contributed by atoms with Crippen molar-refractivity contribution in [2.45, 2.75) is 19.6 Å². The molecule has 0 fully saturated rings. The van der Waals surface area contributed by atoms with Crippen molar-refractivity contribution in [3.8, 4) is 11.5 Å². The standard InChI is InChI=1S/C25H24BrFN2O2.ClH/c1-30-24-13-18(12-22(26)25(24)31-16-17-6-8-20(27)9-7-17)14-28-11-10-19-15-29-23-5-3-2-4-21(19)23;/h2-9,12-13,15,28-29H,10-11,14,16H2,1H3;1H. The number of rotatable bonds is 9. The third kappa shape index (κ3) is 5.82. The van der Waals surface area contributed by atoms with Gasteiger partial charge >= 0.3 is 0 Å². The molecule has 0 aliphatic heterocycles. The predicted molar refractivity (Wildman–Crippen MR) is 132 cm³/mol. The summed E-state index contributed by atoms with van der Waals surface area (Å²) in [7, 11) is 1.63. The minimum atomic E-state index is -0.260. The maximum absolute atomic E-state index is 13.1. The first-order valence-electron chi connectivity index (χ1n) is 10.1. The summed E-state index contributed by atoms with van der Waals surface area (Å²) in [5.74, 6) is 1.03. The van der Waals surface area contributed by atoms with Gasteiger partial charge in [0, 0.05) is 23.6 Å². The zero-order chi connectivity index (χ0) is 21.6. The summed E-state index contributed by atoms with van der Waals surface area (Å²) in [6.45, 7) is 1.91. The van der Waals surface area contributed by atoms with Gasteiger partial charge in [-0.1, -0.05) is 30.3 Å². The molecular formula is C25H25BrClFN2O2. The zero-order valence-corrected chi connectivity index (χ0v) is 20.1. The zero-order valence-electron chi connectivity index (χ0n) is 17.7. The Morgan fingerprint density at radius 1 is 1.03 bits per heavy atom. The second-order valence-corrected chi connectivity index (χ2v) is 8.16. The number of fused-ring (bicyclic) bond motifs is 1. The number of para-hydroxylation sites is 1. The first-order chi connectivity index (χ1) is 15.1. The van der Waals surface area contributed by atoms with Crippen LogP contribution in [0.1, 0.15) is 16.7 Å². The van der Waals surface area contributed by atoms with E-state index in [1.54, 1.807) is 19.2 Å². The van der Waals surface area contributed by atoms with Crippen molar-refractivity contribution in [1.82, 2.24) is 10.3 Å². The van der Waals surface area contributed by atoms with Gasteiger partial charge in [0.1, 0.15) is 12.4 Å². The molecule has 3 aromatic carbocycles. The lowest BCUT2D eigenvalue weighted by atomic mass is 10.1. The third-order valence-electron chi connectivity index (χ3n) is 5.16. The topological polar surface area (TPSA) is 46.3 Å². The molecule has 0 aliphatic rings. The van der Waals surface area contributed by atoms with E-state index in [-0.39, 0.29) is 18.2 Å². The van der Waals surface area contributed by atoms with Gasteiger partial charge in [-0.2, -0.15) is 0 Å². The molecule has 4 rings (SSSR count). The first-order valence-corrected chi connectivity index (χ1v) is 10.9. The molecule has 1 aromatic heterocycles. The largest absolute Gasteiger partial charge is 0.493 e. The smallest absolute Gasteiger partial charge is 0.175 e. The molecule has 0 saturated carbocycles. The molecule has 0 atom stereocenters. The highest BCUT2D eigenvalue weighted by atomic mass is 79.9. The predicted octanol–water partition coefficient (Wildman–Crippen LogP) is 6.41. The second-order valence-electron chi connectivity index (χ2n) is 7.31. The summed E-state index contributed by atoms with van der Waals surface area (Å²) in [5, 5.41) is 4.77. The van der Waals surface area contributed by atoms with Crippen LogP contribution in [0.3, 0.4) is 0 Å². The molecule has 2 N–H and O–H groups in total. The van der Waals surface area contributed by atoms with E-state index in [0.717, 1.165) is 35.1 Å². The number of halogens is 3. The van der Waals surface area contributed by atoms with Crippen LogP contribution in [0.5, 0.6) is 11.5 Å². The van der Waals surface area contributed by atoms with Crippen LogP contribution in [0.4, 0.5) is 4.39 Å². The van der Waals surface area contributed by atoms with Crippen LogP contribution in [0.2, 0.25) is 0 Å². The van der Waals surface area contributed by atoms with Crippen molar-refractivity contribution in [2.24, 2.45) is 0 Å². The van der Waals surface area contributed by atoms with Gasteiger partial charge < -0.3 is 19.8 Å². The maximum atomic E-state index is 13.1. The molecular weight excluding hydrogens is 495 g/mol. The SMILES string of the molecule is COc1cc(CNCCc2c[nH]c3ccccc23)cc(Br)c1OCc1ccc(F)cc1.Cl. The molecule has 168 valence electrons. The van der Waals surface area contributed by atoms with E-state index in [9.17, 15) is 4.39 Å². The normalized spacial score (nSPS) is 10.7. The number of nitrogens with one attached hydrogen (secondary N) is 2. The lowest BCUT2D eigenvalue weighted by Crippen LogP contribution is -2.16. The summed E-state index contributed by atoms with van der Waals surface area (Å²) in [6.07, 6.45) is 3.03. The van der Waals surface area contributed by atoms with Gasteiger partial charge in [-0.3, -0.25) is 0 Å². The number of benzene rings is 3. The van der Waals surface area contributed by atoms with Crippen molar-refractivity contribution >= 4 is 39.2 Å². The lowest BCUT2D eigenvalue weighted by Gasteiger charge is -2.15. The van der Waals surface area contributed by atoms with Crippen LogP contribution in [0, 0.1) is 5.82 Å². The number of aromatic nitrogens is 1. The molecule has 0 unspecified atom stereocenters. The Morgan fingerprint density at radius 2 is 1.81 bits per heavy atom. The van der Waals surface area contributed by atoms with E-state index in [2.05, 4.69) is 50.6 Å². The number of hydrogen-bond acceptors (Lipinski definition) is 3. The number of H-pyrrole nitrogens is 1. The van der Waals surface area contributed by atoms with Gasteiger partial charge in [-0.15, -0.1) is 12.4 Å². The maximum Gasteiger partial charge on any atom is 0.175 e. The minimum Gasteiger partial charge on any atom is -0.493 e. The van der Waals surface area contributed by atoms with E-state index >= 15 is 0 Å². The van der Waals surface area contributed by atoms with Gasteiger partial charge in [0.05, 0.1) is 11.6 Å². The van der Waals surface area contributed by atoms with Crippen LogP contribution in [0.15, 0.2) is 71.3 Å². The molecule has 32 heavy (non-hydrogen) atoms. The molecule has 0 radical (unpaired) electrons. The van der Waals surface area contributed by atoms with E-state index in [1.807, 2.05) is 18.2 Å². The Labute approximate surface area is 201 Å². The van der Waals surface area contributed by atoms with Crippen molar-refractivity contribution in [3.05, 3.63) is 93.8 Å². The molecule has 0 spiro atoms. The van der Waals surface area contributed by atoms with Crippen LogP contribution >= 0.6 is 28.3 Å². The highest BCUT2D eigenvalue weighted by Gasteiger charge is 2.12. The second kappa shape index (κ2) is 11.4. The molecule has 0 saturated heterocycles.